The Hall–Kier alpha value is -1.10. The lowest BCUT2D eigenvalue weighted by Crippen LogP contribution is -2.32. The minimum absolute atomic E-state index is 0.108. The minimum atomic E-state index is -0.722. The summed E-state index contributed by atoms with van der Waals surface area (Å²) in [6, 6.07) is 2.15. The topological polar surface area (TPSA) is 40.9 Å². The lowest BCUT2D eigenvalue weighted by Gasteiger charge is -2.27. The van der Waals surface area contributed by atoms with Gasteiger partial charge in [0.05, 0.1) is 6.07 Å². The van der Waals surface area contributed by atoms with E-state index in [0.29, 0.717) is 19.3 Å². The Kier molecular flexibility index (Phi) is 2.65. The predicted octanol–water partition coefficient (Wildman–Crippen LogP) is 2.22. The van der Waals surface area contributed by atoms with Gasteiger partial charge in [0.2, 0.25) is 0 Å². The molecule has 1 unspecified atom stereocenters. The fourth-order valence-corrected chi connectivity index (χ4v) is 1.72. The average Bonchev–Trinajstić information content (AvgIpc) is 2.10. The van der Waals surface area contributed by atoms with E-state index in [9.17, 15) is 4.79 Å². The highest BCUT2D eigenvalue weighted by Gasteiger charge is 2.38. The molecule has 1 fully saturated rings. The molecule has 0 N–H and O–H groups in total. The van der Waals surface area contributed by atoms with Crippen molar-refractivity contribution >= 4 is 5.78 Å². The normalized spacial score (nSPS) is 29.4. The van der Waals surface area contributed by atoms with Gasteiger partial charge in [-0.3, -0.25) is 4.79 Å². The third kappa shape index (κ3) is 1.40. The molecular weight excluding hydrogens is 150 g/mol. The maximum Gasteiger partial charge on any atom is 0.153 e. The molecule has 1 aliphatic carbocycles. The SMILES string of the molecule is C=CCC1(C#N)CCCCC1=O. The number of carbonyl (C=O) groups excluding carboxylic acids is 1. The van der Waals surface area contributed by atoms with Crippen LogP contribution in [0.3, 0.4) is 0 Å². The summed E-state index contributed by atoms with van der Waals surface area (Å²) in [5.74, 6) is 0.108. The first-order valence-electron chi connectivity index (χ1n) is 4.30. The quantitative estimate of drug-likeness (QED) is 0.585. The zero-order valence-corrected chi connectivity index (χ0v) is 7.18. The van der Waals surface area contributed by atoms with E-state index in [1.165, 1.54) is 0 Å². The van der Waals surface area contributed by atoms with E-state index < -0.39 is 5.41 Å². The summed E-state index contributed by atoms with van der Waals surface area (Å²) in [4.78, 5) is 11.5. The third-order valence-electron chi connectivity index (χ3n) is 2.50. The molecule has 0 heterocycles. The van der Waals surface area contributed by atoms with Crippen molar-refractivity contribution in [3.8, 4) is 6.07 Å². The molecule has 0 spiro atoms. The number of carbonyl (C=O) groups is 1. The lowest BCUT2D eigenvalue weighted by atomic mass is 9.72. The molecule has 1 saturated carbocycles. The Labute approximate surface area is 72.9 Å². The summed E-state index contributed by atoms with van der Waals surface area (Å²) >= 11 is 0. The van der Waals surface area contributed by atoms with Crippen molar-refractivity contribution in [1.29, 1.82) is 5.26 Å². The molecule has 0 aromatic rings. The van der Waals surface area contributed by atoms with Crippen LogP contribution in [0.15, 0.2) is 12.7 Å². The van der Waals surface area contributed by atoms with Gasteiger partial charge in [0, 0.05) is 6.42 Å². The van der Waals surface area contributed by atoms with Gasteiger partial charge >= 0.3 is 0 Å². The van der Waals surface area contributed by atoms with Crippen LogP contribution < -0.4 is 0 Å². The molecule has 2 nitrogen and oxygen atoms in total. The van der Waals surface area contributed by atoms with Gasteiger partial charge in [0.1, 0.15) is 5.41 Å². The van der Waals surface area contributed by atoms with Crippen LogP contribution in [0, 0.1) is 16.7 Å². The highest BCUT2D eigenvalue weighted by atomic mass is 16.1. The fourth-order valence-electron chi connectivity index (χ4n) is 1.72. The largest absolute Gasteiger partial charge is 0.298 e. The Morgan fingerprint density at radius 1 is 1.67 bits per heavy atom. The standard InChI is InChI=1S/C10H13NO/c1-2-6-10(8-11)7-4-3-5-9(10)12/h2H,1,3-7H2. The lowest BCUT2D eigenvalue weighted by molar-refractivity contribution is -0.127. The van der Waals surface area contributed by atoms with Crippen molar-refractivity contribution < 1.29 is 4.79 Å². The molecule has 0 radical (unpaired) electrons. The first-order chi connectivity index (χ1) is 5.75. The molecule has 12 heavy (non-hydrogen) atoms. The number of nitrogens with zero attached hydrogens (tertiary/aromatic N) is 1. The van der Waals surface area contributed by atoms with E-state index in [4.69, 9.17) is 5.26 Å². The Bertz CT molecular complexity index is 239. The van der Waals surface area contributed by atoms with E-state index in [1.807, 2.05) is 0 Å². The van der Waals surface area contributed by atoms with Crippen LogP contribution in [-0.2, 0) is 4.79 Å². The number of hydrogen-bond acceptors (Lipinski definition) is 2. The van der Waals surface area contributed by atoms with Gasteiger partial charge in [-0.25, -0.2) is 0 Å². The molecule has 1 aliphatic rings. The summed E-state index contributed by atoms with van der Waals surface area (Å²) in [5.41, 5.74) is -0.722. The average molecular weight is 163 g/mol. The van der Waals surface area contributed by atoms with Crippen LogP contribution in [0.5, 0.6) is 0 Å². The molecule has 0 saturated heterocycles. The van der Waals surface area contributed by atoms with Crippen LogP contribution in [0.4, 0.5) is 0 Å². The van der Waals surface area contributed by atoms with Crippen molar-refractivity contribution in [1.82, 2.24) is 0 Å². The summed E-state index contributed by atoms with van der Waals surface area (Å²) in [6.07, 6.45) is 5.41. The number of allylic oxidation sites excluding steroid dienone is 1. The molecule has 0 amide bonds. The van der Waals surface area contributed by atoms with Crippen molar-refractivity contribution in [3.05, 3.63) is 12.7 Å². The van der Waals surface area contributed by atoms with Gasteiger partial charge in [-0.1, -0.05) is 12.5 Å². The number of nitriles is 1. The van der Waals surface area contributed by atoms with Gasteiger partial charge in [0.25, 0.3) is 0 Å². The molecule has 1 atom stereocenters. The van der Waals surface area contributed by atoms with Crippen molar-refractivity contribution in [2.45, 2.75) is 32.1 Å². The maximum absolute atomic E-state index is 11.5. The van der Waals surface area contributed by atoms with E-state index in [1.54, 1.807) is 6.08 Å². The number of hydrogen-bond donors (Lipinski definition) is 0. The maximum atomic E-state index is 11.5. The van der Waals surface area contributed by atoms with Gasteiger partial charge in [-0.15, -0.1) is 6.58 Å². The fraction of sp³-hybridized carbons (Fsp3) is 0.600. The van der Waals surface area contributed by atoms with Crippen LogP contribution in [0.2, 0.25) is 0 Å². The summed E-state index contributed by atoms with van der Waals surface area (Å²) in [6.45, 7) is 3.58. The van der Waals surface area contributed by atoms with Crippen LogP contribution in [-0.4, -0.2) is 5.78 Å². The highest BCUT2D eigenvalue weighted by Crippen LogP contribution is 2.35. The van der Waals surface area contributed by atoms with Crippen LogP contribution in [0.1, 0.15) is 32.1 Å². The van der Waals surface area contributed by atoms with Crippen molar-refractivity contribution in [3.63, 3.8) is 0 Å². The molecule has 0 aliphatic heterocycles. The summed E-state index contributed by atoms with van der Waals surface area (Å²) in [7, 11) is 0. The number of Topliss-reactive ketones (excluding diaryl/α,β-unsaturated/α-hetero) is 1. The van der Waals surface area contributed by atoms with Crippen LogP contribution >= 0.6 is 0 Å². The van der Waals surface area contributed by atoms with E-state index >= 15 is 0 Å². The van der Waals surface area contributed by atoms with E-state index in [0.717, 1.165) is 12.8 Å². The zero-order valence-electron chi connectivity index (χ0n) is 7.18. The number of rotatable bonds is 2. The van der Waals surface area contributed by atoms with Crippen molar-refractivity contribution in [2.24, 2.45) is 5.41 Å². The highest BCUT2D eigenvalue weighted by molar-refractivity contribution is 5.88. The molecule has 2 heteroatoms. The molecule has 0 aromatic heterocycles. The second kappa shape index (κ2) is 3.53. The van der Waals surface area contributed by atoms with Crippen LogP contribution in [0.25, 0.3) is 0 Å². The smallest absolute Gasteiger partial charge is 0.153 e. The second-order valence-corrected chi connectivity index (χ2v) is 3.32. The Balaban J connectivity index is 2.82. The van der Waals surface area contributed by atoms with Gasteiger partial charge in [-0.2, -0.15) is 5.26 Å². The Morgan fingerprint density at radius 3 is 2.92 bits per heavy atom. The second-order valence-electron chi connectivity index (χ2n) is 3.32. The van der Waals surface area contributed by atoms with Gasteiger partial charge in [-0.05, 0) is 19.3 Å². The van der Waals surface area contributed by atoms with Crippen molar-refractivity contribution in [2.75, 3.05) is 0 Å². The van der Waals surface area contributed by atoms with E-state index in [2.05, 4.69) is 12.6 Å². The molecule has 64 valence electrons. The zero-order chi connectivity index (χ0) is 9.03. The third-order valence-corrected chi connectivity index (χ3v) is 2.50. The molecule has 0 bridgehead atoms. The summed E-state index contributed by atoms with van der Waals surface area (Å²) in [5, 5.41) is 8.92. The van der Waals surface area contributed by atoms with Gasteiger partial charge in [0.15, 0.2) is 5.78 Å². The molecule has 0 aromatic carbocycles. The molecule has 1 rings (SSSR count). The predicted molar refractivity (Wildman–Crippen MR) is 46.3 cm³/mol. The first-order valence-corrected chi connectivity index (χ1v) is 4.30. The summed E-state index contributed by atoms with van der Waals surface area (Å²) < 4.78 is 0. The Morgan fingerprint density at radius 2 is 2.42 bits per heavy atom. The van der Waals surface area contributed by atoms with Gasteiger partial charge < -0.3 is 0 Å². The first kappa shape index (κ1) is 8.99. The minimum Gasteiger partial charge on any atom is -0.298 e. The monoisotopic (exact) mass is 163 g/mol. The van der Waals surface area contributed by atoms with E-state index in [-0.39, 0.29) is 5.78 Å². The number of ketones is 1. The molecular formula is C10H13NO.